The van der Waals surface area contributed by atoms with E-state index in [9.17, 15) is 0 Å². The second-order valence-electron chi connectivity index (χ2n) is 4.86. The molecule has 0 saturated carbocycles. The van der Waals surface area contributed by atoms with Crippen LogP contribution in [-0.4, -0.2) is 7.85 Å². The van der Waals surface area contributed by atoms with Crippen LogP contribution in [0.25, 0.3) is 32.3 Å². The highest BCUT2D eigenvalue weighted by atomic mass is 14.1. The van der Waals surface area contributed by atoms with Crippen LogP contribution in [0.2, 0.25) is 0 Å². The standard InChI is InChI=1S/C18H11B/c19-17-11-5-10-16-14-7-2-1-6-12(14)13-8-3-4-9-15(13)18(16)17/h1-11H. The molecule has 0 aliphatic carbocycles. The van der Waals surface area contributed by atoms with Crippen molar-refractivity contribution in [3.05, 3.63) is 66.7 Å². The molecule has 2 radical (unpaired) electrons. The molecular weight excluding hydrogens is 227 g/mol. The van der Waals surface area contributed by atoms with Crippen LogP contribution < -0.4 is 5.46 Å². The van der Waals surface area contributed by atoms with E-state index in [1.165, 1.54) is 26.9 Å². The van der Waals surface area contributed by atoms with Gasteiger partial charge in [-0.25, -0.2) is 0 Å². The largest absolute Gasteiger partial charge is 0.114 e. The monoisotopic (exact) mass is 238 g/mol. The van der Waals surface area contributed by atoms with E-state index in [1.807, 2.05) is 12.1 Å². The SMILES string of the molecule is [B]c1cccc2c3ccccc3c3ccccc3c12. The first-order chi connectivity index (χ1) is 9.36. The Hall–Kier alpha value is -2.28. The minimum absolute atomic E-state index is 0.847. The van der Waals surface area contributed by atoms with E-state index in [1.54, 1.807) is 0 Å². The molecule has 0 nitrogen and oxygen atoms in total. The highest BCUT2D eigenvalue weighted by Gasteiger charge is 2.08. The van der Waals surface area contributed by atoms with Gasteiger partial charge in [-0.15, -0.1) is 0 Å². The van der Waals surface area contributed by atoms with Crippen molar-refractivity contribution in [2.24, 2.45) is 0 Å². The third-order valence-electron chi connectivity index (χ3n) is 3.80. The fourth-order valence-corrected chi connectivity index (χ4v) is 2.98. The molecule has 0 amide bonds. The molecule has 4 aromatic rings. The van der Waals surface area contributed by atoms with Gasteiger partial charge in [0.15, 0.2) is 0 Å². The molecule has 0 spiro atoms. The first-order valence-corrected chi connectivity index (χ1v) is 6.44. The van der Waals surface area contributed by atoms with Crippen LogP contribution in [0.15, 0.2) is 66.7 Å². The Balaban J connectivity index is 2.48. The summed E-state index contributed by atoms with van der Waals surface area (Å²) in [6.45, 7) is 0. The van der Waals surface area contributed by atoms with Gasteiger partial charge < -0.3 is 0 Å². The Kier molecular flexibility index (Phi) is 2.16. The summed E-state index contributed by atoms with van der Waals surface area (Å²) in [5.74, 6) is 0. The van der Waals surface area contributed by atoms with Crippen molar-refractivity contribution < 1.29 is 0 Å². The number of rotatable bonds is 0. The van der Waals surface area contributed by atoms with E-state index in [4.69, 9.17) is 7.85 Å². The summed E-state index contributed by atoms with van der Waals surface area (Å²) in [5, 5.41) is 7.45. The molecule has 0 N–H and O–H groups in total. The summed E-state index contributed by atoms with van der Waals surface area (Å²) in [7, 11) is 6.21. The van der Waals surface area contributed by atoms with E-state index >= 15 is 0 Å². The quantitative estimate of drug-likeness (QED) is 0.321. The fourth-order valence-electron chi connectivity index (χ4n) is 2.98. The normalized spacial score (nSPS) is 11.4. The van der Waals surface area contributed by atoms with Gasteiger partial charge in [-0.3, -0.25) is 0 Å². The lowest BCUT2D eigenvalue weighted by Crippen LogP contribution is -2.03. The average Bonchev–Trinajstić information content (AvgIpc) is 2.47. The molecule has 0 aliphatic heterocycles. The van der Waals surface area contributed by atoms with Gasteiger partial charge in [-0.05, 0) is 32.3 Å². The molecule has 0 bridgehead atoms. The minimum atomic E-state index is 0.847. The van der Waals surface area contributed by atoms with Gasteiger partial charge in [0.1, 0.15) is 7.85 Å². The molecule has 0 fully saturated rings. The lowest BCUT2D eigenvalue weighted by atomic mass is 9.85. The molecule has 0 saturated heterocycles. The Morgan fingerprint density at radius 2 is 0.895 bits per heavy atom. The molecule has 19 heavy (non-hydrogen) atoms. The number of fused-ring (bicyclic) bond motifs is 6. The van der Waals surface area contributed by atoms with Gasteiger partial charge in [0.25, 0.3) is 0 Å². The molecular formula is C18H11B. The van der Waals surface area contributed by atoms with E-state index < -0.39 is 0 Å². The fraction of sp³-hybridized carbons (Fsp3) is 0. The van der Waals surface area contributed by atoms with E-state index in [0.29, 0.717) is 0 Å². The van der Waals surface area contributed by atoms with Gasteiger partial charge in [0.05, 0.1) is 0 Å². The maximum atomic E-state index is 6.21. The van der Waals surface area contributed by atoms with Crippen LogP contribution in [0.4, 0.5) is 0 Å². The molecule has 1 heteroatoms. The zero-order valence-corrected chi connectivity index (χ0v) is 10.4. The smallest absolute Gasteiger partial charge is 0.0883 e. The molecule has 4 rings (SSSR count). The van der Waals surface area contributed by atoms with Crippen LogP contribution >= 0.6 is 0 Å². The molecule has 86 valence electrons. The first kappa shape index (κ1) is 10.6. The van der Waals surface area contributed by atoms with Gasteiger partial charge in [0.2, 0.25) is 0 Å². The molecule has 0 unspecified atom stereocenters. The van der Waals surface area contributed by atoms with Crippen LogP contribution in [0.1, 0.15) is 0 Å². The topological polar surface area (TPSA) is 0 Å². The molecule has 4 aromatic carbocycles. The van der Waals surface area contributed by atoms with Crippen molar-refractivity contribution in [1.29, 1.82) is 0 Å². The zero-order chi connectivity index (χ0) is 12.8. The van der Waals surface area contributed by atoms with Gasteiger partial charge in [-0.2, -0.15) is 0 Å². The van der Waals surface area contributed by atoms with Gasteiger partial charge in [0, 0.05) is 0 Å². The lowest BCUT2D eigenvalue weighted by Gasteiger charge is -2.12. The van der Waals surface area contributed by atoms with Gasteiger partial charge >= 0.3 is 0 Å². The summed E-state index contributed by atoms with van der Waals surface area (Å²) in [4.78, 5) is 0. The highest BCUT2D eigenvalue weighted by Crippen LogP contribution is 2.33. The van der Waals surface area contributed by atoms with E-state index in [2.05, 4.69) is 54.6 Å². The Labute approximate surface area is 113 Å². The predicted molar refractivity (Wildman–Crippen MR) is 84.3 cm³/mol. The average molecular weight is 238 g/mol. The number of hydrogen-bond donors (Lipinski definition) is 0. The van der Waals surface area contributed by atoms with Crippen molar-refractivity contribution in [3.63, 3.8) is 0 Å². The Morgan fingerprint density at radius 3 is 1.47 bits per heavy atom. The second kappa shape index (κ2) is 3.86. The third-order valence-corrected chi connectivity index (χ3v) is 3.80. The molecule has 0 heterocycles. The van der Waals surface area contributed by atoms with Crippen molar-refractivity contribution in [3.8, 4) is 0 Å². The van der Waals surface area contributed by atoms with Crippen LogP contribution in [0.3, 0.4) is 0 Å². The van der Waals surface area contributed by atoms with Crippen molar-refractivity contribution in [2.45, 2.75) is 0 Å². The van der Waals surface area contributed by atoms with Crippen LogP contribution in [0.5, 0.6) is 0 Å². The minimum Gasteiger partial charge on any atom is -0.0883 e. The molecule has 0 aliphatic rings. The van der Waals surface area contributed by atoms with E-state index in [-0.39, 0.29) is 0 Å². The maximum absolute atomic E-state index is 6.21. The van der Waals surface area contributed by atoms with Crippen molar-refractivity contribution in [2.75, 3.05) is 0 Å². The highest BCUT2D eigenvalue weighted by molar-refractivity contribution is 6.44. The van der Waals surface area contributed by atoms with E-state index in [0.717, 1.165) is 10.8 Å². The van der Waals surface area contributed by atoms with Gasteiger partial charge in [-0.1, -0.05) is 72.2 Å². The lowest BCUT2D eigenvalue weighted by molar-refractivity contribution is 1.79. The third kappa shape index (κ3) is 1.42. The summed E-state index contributed by atoms with van der Waals surface area (Å²) in [5.41, 5.74) is 0.847. The maximum Gasteiger partial charge on any atom is 0.114 e. The number of benzene rings is 4. The number of hydrogen-bond acceptors (Lipinski definition) is 0. The zero-order valence-electron chi connectivity index (χ0n) is 10.4. The summed E-state index contributed by atoms with van der Waals surface area (Å²) >= 11 is 0. The molecule has 0 atom stereocenters. The first-order valence-electron chi connectivity index (χ1n) is 6.44. The van der Waals surface area contributed by atoms with Crippen LogP contribution in [0, 0.1) is 0 Å². The summed E-state index contributed by atoms with van der Waals surface area (Å²) in [6, 6.07) is 23.2. The summed E-state index contributed by atoms with van der Waals surface area (Å²) in [6.07, 6.45) is 0. The van der Waals surface area contributed by atoms with Crippen molar-refractivity contribution >= 4 is 45.6 Å². The van der Waals surface area contributed by atoms with Crippen LogP contribution in [-0.2, 0) is 0 Å². The Morgan fingerprint density at radius 1 is 0.474 bits per heavy atom. The molecule has 0 aromatic heterocycles. The predicted octanol–water partition coefficient (Wildman–Crippen LogP) is 3.94. The van der Waals surface area contributed by atoms with Crippen molar-refractivity contribution in [1.82, 2.24) is 0 Å². The Bertz CT molecular complexity index is 877. The second-order valence-corrected chi connectivity index (χ2v) is 4.86. The summed E-state index contributed by atoms with van der Waals surface area (Å²) < 4.78 is 0.